The summed E-state index contributed by atoms with van der Waals surface area (Å²) >= 11 is 7.39. The first kappa shape index (κ1) is 16.2. The number of nitrogens with zero attached hydrogens (tertiary/aromatic N) is 1. The number of likely N-dealkylation sites (N-methyl/N-ethyl adjacent to an activating group) is 1. The molecule has 6 heteroatoms. The third kappa shape index (κ3) is 5.28. The lowest BCUT2D eigenvalue weighted by Crippen LogP contribution is -2.32. The van der Waals surface area contributed by atoms with Crippen LogP contribution >= 0.6 is 22.9 Å². The lowest BCUT2D eigenvalue weighted by Gasteiger charge is -2.20. The zero-order chi connectivity index (χ0) is 15.2. The minimum Gasteiger partial charge on any atom is -0.488 e. The lowest BCUT2D eigenvalue weighted by molar-refractivity contribution is 0.0731. The van der Waals surface area contributed by atoms with Crippen molar-refractivity contribution in [2.75, 3.05) is 20.2 Å². The van der Waals surface area contributed by atoms with Crippen LogP contribution in [0.1, 0.15) is 4.88 Å². The Labute approximate surface area is 132 Å². The fraction of sp³-hybridized carbons (Fsp3) is 0.333. The third-order valence-corrected chi connectivity index (χ3v) is 4.06. The van der Waals surface area contributed by atoms with E-state index in [1.807, 2.05) is 24.1 Å². The van der Waals surface area contributed by atoms with Gasteiger partial charge in [0.05, 0.1) is 4.34 Å². The molecule has 0 aliphatic rings. The van der Waals surface area contributed by atoms with Crippen LogP contribution < -0.4 is 4.74 Å². The van der Waals surface area contributed by atoms with Crippen LogP contribution in [0.2, 0.25) is 4.34 Å². The Morgan fingerprint density at radius 2 is 2.10 bits per heavy atom. The number of para-hydroxylation sites is 1. The van der Waals surface area contributed by atoms with E-state index in [9.17, 15) is 9.50 Å². The van der Waals surface area contributed by atoms with Gasteiger partial charge in [0.1, 0.15) is 12.7 Å². The standard InChI is InChI=1S/C15H17ClFNO2S/c1-18(9-12-6-7-15(16)21-12)8-11(19)10-20-14-5-3-2-4-13(14)17/h2-7,11,19H,8-10H2,1H3. The van der Waals surface area contributed by atoms with Crippen LogP contribution in [0.3, 0.4) is 0 Å². The van der Waals surface area contributed by atoms with Gasteiger partial charge in [0.25, 0.3) is 0 Å². The van der Waals surface area contributed by atoms with Gasteiger partial charge in [0.2, 0.25) is 0 Å². The zero-order valence-corrected chi connectivity index (χ0v) is 13.2. The Hall–Kier alpha value is -1.14. The van der Waals surface area contributed by atoms with Gasteiger partial charge in [-0.2, -0.15) is 0 Å². The molecule has 3 nitrogen and oxygen atoms in total. The van der Waals surface area contributed by atoms with Crippen molar-refractivity contribution in [3.63, 3.8) is 0 Å². The predicted octanol–water partition coefficient (Wildman–Crippen LogP) is 3.41. The quantitative estimate of drug-likeness (QED) is 0.845. The van der Waals surface area contributed by atoms with E-state index in [-0.39, 0.29) is 12.4 Å². The van der Waals surface area contributed by atoms with Crippen molar-refractivity contribution < 1.29 is 14.2 Å². The molecule has 1 aromatic heterocycles. The number of hydrogen-bond donors (Lipinski definition) is 1. The van der Waals surface area contributed by atoms with E-state index in [1.165, 1.54) is 17.4 Å². The molecule has 0 saturated heterocycles. The Morgan fingerprint density at radius 1 is 1.33 bits per heavy atom. The first-order valence-electron chi connectivity index (χ1n) is 6.52. The van der Waals surface area contributed by atoms with E-state index < -0.39 is 11.9 Å². The number of aliphatic hydroxyl groups excluding tert-OH is 1. The highest BCUT2D eigenvalue weighted by Gasteiger charge is 2.11. The molecule has 114 valence electrons. The maximum Gasteiger partial charge on any atom is 0.165 e. The van der Waals surface area contributed by atoms with Gasteiger partial charge in [-0.05, 0) is 31.3 Å². The Morgan fingerprint density at radius 3 is 2.76 bits per heavy atom. The zero-order valence-electron chi connectivity index (χ0n) is 11.6. The van der Waals surface area contributed by atoms with Gasteiger partial charge in [-0.1, -0.05) is 23.7 Å². The molecular weight excluding hydrogens is 313 g/mol. The lowest BCUT2D eigenvalue weighted by atomic mass is 10.3. The number of halogens is 2. The smallest absolute Gasteiger partial charge is 0.165 e. The number of hydrogen-bond acceptors (Lipinski definition) is 4. The fourth-order valence-corrected chi connectivity index (χ4v) is 3.10. The summed E-state index contributed by atoms with van der Waals surface area (Å²) in [6, 6.07) is 9.97. The highest BCUT2D eigenvalue weighted by molar-refractivity contribution is 7.16. The molecule has 0 saturated carbocycles. The van der Waals surface area contributed by atoms with Crippen molar-refractivity contribution >= 4 is 22.9 Å². The Kier molecular flexibility index (Phi) is 5.99. The molecule has 2 rings (SSSR count). The van der Waals surface area contributed by atoms with Gasteiger partial charge >= 0.3 is 0 Å². The summed E-state index contributed by atoms with van der Waals surface area (Å²) in [5, 5.41) is 9.94. The fourth-order valence-electron chi connectivity index (χ4n) is 1.93. The van der Waals surface area contributed by atoms with Crippen LogP contribution in [0.25, 0.3) is 0 Å². The molecule has 0 amide bonds. The Balaban J connectivity index is 1.76. The number of ether oxygens (including phenoxy) is 1. The van der Waals surface area contributed by atoms with Crippen molar-refractivity contribution in [1.82, 2.24) is 4.90 Å². The molecule has 0 aliphatic carbocycles. The second kappa shape index (κ2) is 7.75. The van der Waals surface area contributed by atoms with Crippen LogP contribution in [0, 0.1) is 5.82 Å². The van der Waals surface area contributed by atoms with Crippen LogP contribution in [0.4, 0.5) is 4.39 Å². The van der Waals surface area contributed by atoms with Gasteiger partial charge in [0.15, 0.2) is 11.6 Å². The van der Waals surface area contributed by atoms with Crippen LogP contribution in [-0.2, 0) is 6.54 Å². The second-order valence-electron chi connectivity index (χ2n) is 4.80. The van der Waals surface area contributed by atoms with E-state index in [0.717, 1.165) is 9.21 Å². The molecule has 0 fully saturated rings. The molecule has 2 aromatic rings. The van der Waals surface area contributed by atoms with Crippen molar-refractivity contribution in [3.05, 3.63) is 51.4 Å². The average molecular weight is 330 g/mol. The second-order valence-corrected chi connectivity index (χ2v) is 6.60. The highest BCUT2D eigenvalue weighted by atomic mass is 35.5. The van der Waals surface area contributed by atoms with Crippen LogP contribution in [0.5, 0.6) is 5.75 Å². The predicted molar refractivity (Wildman–Crippen MR) is 83.6 cm³/mol. The summed E-state index contributed by atoms with van der Waals surface area (Å²) < 4.78 is 19.4. The Bertz CT molecular complexity index is 578. The number of benzene rings is 1. The average Bonchev–Trinajstić information content (AvgIpc) is 2.83. The van der Waals surface area contributed by atoms with Gasteiger partial charge in [-0.15, -0.1) is 11.3 Å². The first-order valence-corrected chi connectivity index (χ1v) is 7.72. The number of rotatable bonds is 7. The normalized spacial score (nSPS) is 12.6. The van der Waals surface area contributed by atoms with E-state index >= 15 is 0 Å². The van der Waals surface area contributed by atoms with E-state index in [1.54, 1.807) is 18.2 Å². The van der Waals surface area contributed by atoms with Crippen molar-refractivity contribution in [1.29, 1.82) is 0 Å². The van der Waals surface area contributed by atoms with E-state index in [2.05, 4.69) is 0 Å². The molecule has 0 aliphatic heterocycles. The summed E-state index contributed by atoms with van der Waals surface area (Å²) in [5.41, 5.74) is 0. The molecule has 0 spiro atoms. The molecule has 0 bridgehead atoms. The largest absolute Gasteiger partial charge is 0.488 e. The SMILES string of the molecule is CN(Cc1ccc(Cl)s1)CC(O)COc1ccccc1F. The minimum absolute atomic E-state index is 0.0521. The van der Waals surface area contributed by atoms with Gasteiger partial charge in [-0.3, -0.25) is 4.90 Å². The van der Waals surface area contributed by atoms with Gasteiger partial charge in [-0.25, -0.2) is 4.39 Å². The van der Waals surface area contributed by atoms with E-state index in [0.29, 0.717) is 13.1 Å². The summed E-state index contributed by atoms with van der Waals surface area (Å²) in [7, 11) is 1.90. The molecular formula is C15H17ClFNO2S. The number of aliphatic hydroxyl groups is 1. The molecule has 1 N–H and O–H groups in total. The summed E-state index contributed by atoms with van der Waals surface area (Å²) in [6.07, 6.45) is -0.690. The molecule has 21 heavy (non-hydrogen) atoms. The summed E-state index contributed by atoms with van der Waals surface area (Å²) in [6.45, 7) is 1.19. The van der Waals surface area contributed by atoms with Crippen LogP contribution in [0.15, 0.2) is 36.4 Å². The van der Waals surface area contributed by atoms with Crippen LogP contribution in [-0.4, -0.2) is 36.3 Å². The minimum atomic E-state index is -0.690. The topological polar surface area (TPSA) is 32.7 Å². The monoisotopic (exact) mass is 329 g/mol. The molecule has 1 heterocycles. The molecule has 0 radical (unpaired) electrons. The molecule has 1 atom stereocenters. The van der Waals surface area contributed by atoms with E-state index in [4.69, 9.17) is 16.3 Å². The summed E-state index contributed by atoms with van der Waals surface area (Å²) in [4.78, 5) is 3.10. The van der Waals surface area contributed by atoms with Crippen molar-refractivity contribution in [2.24, 2.45) is 0 Å². The van der Waals surface area contributed by atoms with Gasteiger partial charge < -0.3 is 9.84 Å². The molecule has 1 unspecified atom stereocenters. The van der Waals surface area contributed by atoms with Crippen molar-refractivity contribution in [2.45, 2.75) is 12.6 Å². The maximum absolute atomic E-state index is 13.4. The first-order chi connectivity index (χ1) is 10.0. The molecule has 1 aromatic carbocycles. The van der Waals surface area contributed by atoms with Crippen molar-refractivity contribution in [3.8, 4) is 5.75 Å². The van der Waals surface area contributed by atoms with Gasteiger partial charge in [0, 0.05) is 18.0 Å². The number of thiophene rings is 1. The third-order valence-electron chi connectivity index (χ3n) is 2.84. The maximum atomic E-state index is 13.4. The summed E-state index contributed by atoms with van der Waals surface area (Å²) in [5.74, 6) is -0.268. The highest BCUT2D eigenvalue weighted by Crippen LogP contribution is 2.22.